The van der Waals surface area contributed by atoms with E-state index in [4.69, 9.17) is 17.3 Å². The SMILES string of the molecule is Cn1c(-c2cccc(C(F)(F)F)c2)nc2c(C(=O)Cl)cccc2c1=O.Cn1c(-c2cccc(C(F)(F)F)c2)nc2c(C(=O)Nc3cccc(N4CCCC4)n3)cccc2c1=O.Nc1cccc(N2CCCC2)n1. The largest absolute Gasteiger partial charge is 0.416 e. The Labute approximate surface area is 417 Å². The van der Waals surface area contributed by atoms with Crippen LogP contribution in [0.25, 0.3) is 44.6 Å². The number of para-hydroxylation sites is 2. The van der Waals surface area contributed by atoms with Crippen LogP contribution in [0.2, 0.25) is 0 Å². The molecule has 0 bridgehead atoms. The molecule has 376 valence electrons. The van der Waals surface area contributed by atoms with Crippen LogP contribution < -0.4 is 32.0 Å². The minimum absolute atomic E-state index is 0.00830. The number of hydrogen-bond acceptors (Lipinski definition) is 11. The van der Waals surface area contributed by atoms with Gasteiger partial charge in [-0.05, 0) is 110 Å². The highest BCUT2D eigenvalue weighted by Crippen LogP contribution is 2.34. The van der Waals surface area contributed by atoms with Crippen molar-refractivity contribution in [2.45, 2.75) is 38.0 Å². The Hall–Kier alpha value is -8.13. The maximum absolute atomic E-state index is 13.3. The third kappa shape index (κ3) is 11.5. The zero-order valence-corrected chi connectivity index (χ0v) is 39.9. The highest BCUT2D eigenvalue weighted by Gasteiger charge is 2.32. The molecule has 0 saturated carbocycles. The quantitative estimate of drug-likeness (QED) is 0.115. The molecule has 4 aromatic carbocycles. The van der Waals surface area contributed by atoms with Gasteiger partial charge in [-0.3, -0.25) is 28.3 Å². The van der Waals surface area contributed by atoms with Crippen molar-refractivity contribution in [3.63, 3.8) is 0 Å². The second kappa shape index (κ2) is 21.3. The molecule has 2 aliphatic heterocycles. The Morgan fingerprint density at radius 3 is 1.45 bits per heavy atom. The van der Waals surface area contributed by atoms with Crippen molar-refractivity contribution >= 4 is 67.8 Å². The second-order valence-electron chi connectivity index (χ2n) is 17.1. The number of rotatable bonds is 7. The molecule has 10 rings (SSSR count). The van der Waals surface area contributed by atoms with E-state index in [1.54, 1.807) is 18.2 Å². The number of aromatic nitrogens is 6. The van der Waals surface area contributed by atoms with Crippen molar-refractivity contribution in [1.82, 2.24) is 29.1 Å². The number of carbonyl (C=O) groups excluding carboxylic acids is 2. The van der Waals surface area contributed by atoms with E-state index in [1.165, 1.54) is 86.1 Å². The molecular formula is C52H45ClF6N10O4. The Bertz CT molecular complexity index is 3500. The molecule has 73 heavy (non-hydrogen) atoms. The van der Waals surface area contributed by atoms with Crippen molar-refractivity contribution < 1.29 is 35.9 Å². The van der Waals surface area contributed by atoms with Crippen molar-refractivity contribution in [3.8, 4) is 22.8 Å². The summed E-state index contributed by atoms with van der Waals surface area (Å²) in [5.74, 6) is 2.25. The van der Waals surface area contributed by atoms with E-state index in [2.05, 4.69) is 35.1 Å². The topological polar surface area (TPSA) is 174 Å². The zero-order chi connectivity index (χ0) is 52.2. The predicted octanol–water partition coefficient (Wildman–Crippen LogP) is 10.1. The summed E-state index contributed by atoms with van der Waals surface area (Å²) < 4.78 is 80.9. The molecule has 0 unspecified atom stereocenters. The van der Waals surface area contributed by atoms with Crippen LogP contribution in [-0.2, 0) is 26.4 Å². The first-order valence-corrected chi connectivity index (χ1v) is 23.2. The van der Waals surface area contributed by atoms with E-state index < -0.39 is 45.7 Å². The number of anilines is 4. The van der Waals surface area contributed by atoms with E-state index in [-0.39, 0.29) is 55.7 Å². The van der Waals surface area contributed by atoms with Gasteiger partial charge < -0.3 is 20.9 Å². The van der Waals surface area contributed by atoms with E-state index in [9.17, 15) is 45.5 Å². The minimum Gasteiger partial charge on any atom is -0.384 e. The van der Waals surface area contributed by atoms with Crippen LogP contribution in [0.4, 0.5) is 49.6 Å². The summed E-state index contributed by atoms with van der Waals surface area (Å²) in [6, 6.07) is 29.2. The first-order chi connectivity index (χ1) is 34.8. The van der Waals surface area contributed by atoms with Crippen LogP contribution in [0.1, 0.15) is 57.5 Å². The molecule has 4 aromatic heterocycles. The first-order valence-electron chi connectivity index (χ1n) is 22.8. The second-order valence-corrected chi connectivity index (χ2v) is 17.4. The monoisotopic (exact) mass is 1020 g/mol. The smallest absolute Gasteiger partial charge is 0.384 e. The molecule has 2 aliphatic rings. The molecule has 14 nitrogen and oxygen atoms in total. The number of nitrogens with one attached hydrogen (secondary N) is 1. The molecule has 0 spiro atoms. The van der Waals surface area contributed by atoms with Gasteiger partial charge in [0.2, 0.25) is 0 Å². The minimum atomic E-state index is -4.55. The molecule has 0 aliphatic carbocycles. The lowest BCUT2D eigenvalue weighted by Crippen LogP contribution is -2.23. The predicted molar refractivity (Wildman–Crippen MR) is 269 cm³/mol. The van der Waals surface area contributed by atoms with Crippen LogP contribution in [0.3, 0.4) is 0 Å². The standard InChI is InChI=1S/C26H22F3N5O2.C17H10ClF3N2O2.C9H13N3/c1-33-23(16-7-4-8-17(15-16)26(27,28)29)32-22-18(9-5-10-19(22)25(33)36)24(35)31-20-11-6-12-21(30-20)34-13-2-3-14-34;1-23-15(9-4-2-5-10(8-9)17(19,20)21)22-13-11(14(18)24)6-3-7-12(13)16(23)25;10-8-4-3-5-9(11-8)12-6-1-2-7-12/h4-12,15H,2-3,13-14H2,1H3,(H,30,31,35);2-8H,1H3;3-5H,1-2,6-7H2,(H2,10,11). The first kappa shape index (κ1) is 51.2. The van der Waals surface area contributed by atoms with Gasteiger partial charge in [-0.25, -0.2) is 19.9 Å². The fourth-order valence-corrected chi connectivity index (χ4v) is 8.63. The number of hydrogen-bond donors (Lipinski definition) is 2. The number of nitrogens with zero attached hydrogens (tertiary/aromatic N) is 8. The molecule has 3 N–H and O–H groups in total. The fraction of sp³-hybridized carbons (Fsp3) is 0.231. The molecule has 0 atom stereocenters. The molecule has 1 amide bonds. The van der Waals surface area contributed by atoms with Gasteiger partial charge in [-0.1, -0.05) is 48.5 Å². The number of nitrogens with two attached hydrogens (primary N) is 1. The average Bonchev–Trinajstić information content (AvgIpc) is 4.13. The summed E-state index contributed by atoms with van der Waals surface area (Å²) in [4.78, 5) is 72.3. The number of halogens is 7. The maximum atomic E-state index is 13.3. The van der Waals surface area contributed by atoms with Gasteiger partial charge in [0.15, 0.2) is 0 Å². The van der Waals surface area contributed by atoms with E-state index in [1.807, 2.05) is 24.3 Å². The summed E-state index contributed by atoms with van der Waals surface area (Å²) in [5, 5.41) is 2.30. The summed E-state index contributed by atoms with van der Waals surface area (Å²) in [6.07, 6.45) is -4.35. The normalized spacial score (nSPS) is 13.6. The molecule has 8 aromatic rings. The Morgan fingerprint density at radius 1 is 0.562 bits per heavy atom. The third-order valence-corrected chi connectivity index (χ3v) is 12.4. The lowest BCUT2D eigenvalue weighted by Gasteiger charge is -2.17. The van der Waals surface area contributed by atoms with Crippen molar-refractivity contribution in [3.05, 3.63) is 164 Å². The van der Waals surface area contributed by atoms with Crippen molar-refractivity contribution in [1.29, 1.82) is 0 Å². The van der Waals surface area contributed by atoms with Gasteiger partial charge in [-0.2, -0.15) is 26.3 Å². The summed E-state index contributed by atoms with van der Waals surface area (Å²) in [5.41, 5.74) is 3.41. The van der Waals surface area contributed by atoms with E-state index >= 15 is 0 Å². The maximum Gasteiger partial charge on any atom is 0.416 e. The lowest BCUT2D eigenvalue weighted by atomic mass is 10.1. The van der Waals surface area contributed by atoms with E-state index in [0.717, 1.165) is 79.5 Å². The van der Waals surface area contributed by atoms with Gasteiger partial charge >= 0.3 is 12.4 Å². The van der Waals surface area contributed by atoms with Crippen LogP contribution in [0.15, 0.2) is 131 Å². The lowest BCUT2D eigenvalue weighted by molar-refractivity contribution is -0.138. The highest BCUT2D eigenvalue weighted by atomic mass is 35.5. The van der Waals surface area contributed by atoms with Gasteiger partial charge in [0, 0.05) is 51.4 Å². The summed E-state index contributed by atoms with van der Waals surface area (Å²) in [6.45, 7) is 4.05. The number of amides is 1. The molecule has 2 fully saturated rings. The van der Waals surface area contributed by atoms with Gasteiger partial charge in [0.05, 0.1) is 44.1 Å². The number of benzene rings is 4. The van der Waals surface area contributed by atoms with Crippen LogP contribution in [0.5, 0.6) is 0 Å². The average molecular weight is 1020 g/mol. The Kier molecular flexibility index (Phi) is 14.9. The van der Waals surface area contributed by atoms with Crippen molar-refractivity contribution in [2.24, 2.45) is 14.1 Å². The summed E-state index contributed by atoms with van der Waals surface area (Å²) >= 11 is 5.52. The van der Waals surface area contributed by atoms with Gasteiger partial charge in [0.1, 0.15) is 34.9 Å². The number of fused-ring (bicyclic) bond motifs is 2. The molecule has 0 radical (unpaired) electrons. The molecule has 6 heterocycles. The van der Waals surface area contributed by atoms with Gasteiger partial charge in [0.25, 0.3) is 22.3 Å². The summed E-state index contributed by atoms with van der Waals surface area (Å²) in [7, 11) is 2.84. The number of carbonyl (C=O) groups is 2. The van der Waals surface area contributed by atoms with E-state index in [0.29, 0.717) is 11.6 Å². The number of nitrogen functional groups attached to an aromatic ring is 1. The number of pyridine rings is 2. The Morgan fingerprint density at radius 2 is 0.986 bits per heavy atom. The molecular weight excluding hydrogens is 978 g/mol. The number of alkyl halides is 6. The Balaban J connectivity index is 0.000000165. The van der Waals surface area contributed by atoms with Crippen molar-refractivity contribution in [2.75, 3.05) is 47.0 Å². The van der Waals surface area contributed by atoms with Crippen LogP contribution >= 0.6 is 11.6 Å². The molecule has 21 heteroatoms. The fourth-order valence-electron chi connectivity index (χ4n) is 8.48. The molecule has 2 saturated heterocycles. The highest BCUT2D eigenvalue weighted by molar-refractivity contribution is 6.68. The van der Waals surface area contributed by atoms with Gasteiger partial charge in [-0.15, -0.1) is 0 Å². The zero-order valence-electron chi connectivity index (χ0n) is 39.1. The van der Waals surface area contributed by atoms with Crippen LogP contribution in [0, 0.1) is 0 Å². The van der Waals surface area contributed by atoms with Crippen LogP contribution in [-0.4, -0.2) is 66.4 Å². The third-order valence-electron chi connectivity index (χ3n) is 12.2.